The fourth-order valence-corrected chi connectivity index (χ4v) is 10.4. The Hall–Kier alpha value is -10.2. The van der Waals surface area contributed by atoms with Crippen molar-refractivity contribution in [3.05, 3.63) is 132 Å². The lowest BCUT2D eigenvalue weighted by atomic mass is 10.0. The number of ketones is 1. The number of ether oxygens (including phenoxy) is 3. The van der Waals surface area contributed by atoms with Gasteiger partial charge in [0.1, 0.15) is 47.7 Å². The van der Waals surface area contributed by atoms with Gasteiger partial charge in [0.15, 0.2) is 6.10 Å². The van der Waals surface area contributed by atoms with Gasteiger partial charge in [-0.1, -0.05) is 31.2 Å². The molecule has 11 rings (SSSR count). The van der Waals surface area contributed by atoms with E-state index in [0.29, 0.717) is 77.1 Å². The second kappa shape index (κ2) is 31.2. The molecule has 2 saturated heterocycles. The molecular weight excluding hydrogens is 1210 g/mol. The molecule has 0 bridgehead atoms. The number of halogens is 4. The molecule has 2 aliphatic heterocycles. The van der Waals surface area contributed by atoms with E-state index in [1.165, 1.54) is 30.7 Å². The van der Waals surface area contributed by atoms with Crippen LogP contribution in [0.4, 0.5) is 34.8 Å². The molecular formula is C68H67F4N11O10. The van der Waals surface area contributed by atoms with Gasteiger partial charge in [0.2, 0.25) is 23.6 Å². The first-order valence-corrected chi connectivity index (χ1v) is 30.6. The number of alkyl halides is 4. The molecule has 21 nitrogen and oxygen atoms in total. The molecule has 3 saturated carbocycles. The number of hydrogen-bond donors (Lipinski definition) is 5. The molecule has 3 aliphatic carbocycles. The Morgan fingerprint density at radius 1 is 0.677 bits per heavy atom. The smallest absolute Gasteiger partial charge is 0.301 e. The molecule has 5 amide bonds. The Kier molecular flexibility index (Phi) is 22.6. The zero-order valence-corrected chi connectivity index (χ0v) is 50.7. The second-order valence-electron chi connectivity index (χ2n) is 23.0. The number of aromatic nitrogens is 3. The number of likely N-dealkylation sites (tertiary alicyclic amines) is 1. The van der Waals surface area contributed by atoms with Crippen LogP contribution in [0, 0.1) is 57.7 Å². The van der Waals surface area contributed by atoms with Crippen molar-refractivity contribution in [2.75, 3.05) is 55.4 Å². The van der Waals surface area contributed by atoms with Crippen LogP contribution < -0.4 is 30.7 Å². The minimum absolute atomic E-state index is 0.0105. The van der Waals surface area contributed by atoms with Crippen molar-refractivity contribution in [3.63, 3.8) is 0 Å². The summed E-state index contributed by atoms with van der Waals surface area (Å²) in [6, 6.07) is 32.8. The average Bonchev–Trinajstić information content (AvgIpc) is 1.81. The lowest BCUT2D eigenvalue weighted by Gasteiger charge is -2.38. The fourth-order valence-electron chi connectivity index (χ4n) is 10.4. The first-order valence-electron chi connectivity index (χ1n) is 30.6. The molecule has 4 aromatic carbocycles. The molecule has 4 heterocycles. The maximum Gasteiger partial charge on any atom is 0.301 e. The van der Waals surface area contributed by atoms with E-state index in [2.05, 4.69) is 42.3 Å². The summed E-state index contributed by atoms with van der Waals surface area (Å²) in [5, 5.41) is 48.0. The van der Waals surface area contributed by atoms with Crippen molar-refractivity contribution < 1.29 is 65.6 Å². The van der Waals surface area contributed by atoms with Crippen LogP contribution >= 0.6 is 0 Å². The number of rotatable bonds is 21. The maximum atomic E-state index is 14.7. The maximum absolute atomic E-state index is 14.7. The monoisotopic (exact) mass is 1270 g/mol. The van der Waals surface area contributed by atoms with Gasteiger partial charge in [-0.05, 0) is 116 Å². The predicted molar refractivity (Wildman–Crippen MR) is 331 cm³/mol. The Labute approximate surface area is 533 Å². The third-order valence-corrected chi connectivity index (χ3v) is 15.9. The summed E-state index contributed by atoms with van der Waals surface area (Å²) in [4.78, 5) is 85.9. The molecule has 2 aromatic heterocycles. The van der Waals surface area contributed by atoms with Crippen LogP contribution in [0.1, 0.15) is 105 Å². The number of carbonyl (C=O) groups excluding carboxylic acids is 6. The van der Waals surface area contributed by atoms with Gasteiger partial charge in [-0.2, -0.15) is 15.8 Å². The number of aliphatic hydroxyl groups excluding tert-OH is 1. The van der Waals surface area contributed by atoms with E-state index in [1.54, 1.807) is 66.7 Å². The number of benzene rings is 4. The van der Waals surface area contributed by atoms with Gasteiger partial charge in [0.05, 0.1) is 72.6 Å². The van der Waals surface area contributed by atoms with E-state index in [1.807, 2.05) is 31.2 Å². The number of carbonyl (C=O) groups is 6. The zero-order chi connectivity index (χ0) is 66.2. The highest BCUT2D eigenvalue weighted by Gasteiger charge is 2.48. The van der Waals surface area contributed by atoms with Crippen molar-refractivity contribution in [1.82, 2.24) is 25.2 Å². The molecule has 0 unspecified atom stereocenters. The normalized spacial score (nSPS) is 17.8. The van der Waals surface area contributed by atoms with Crippen LogP contribution in [0.15, 0.2) is 110 Å². The Morgan fingerprint density at radius 3 is 1.92 bits per heavy atom. The summed E-state index contributed by atoms with van der Waals surface area (Å²) in [5.74, 6) is -4.00. The molecule has 482 valence electrons. The number of nitrogens with one attached hydrogen (secondary N) is 4. The molecule has 0 spiro atoms. The van der Waals surface area contributed by atoms with Crippen LogP contribution in [0.3, 0.4) is 0 Å². The molecule has 5 N–H and O–H groups in total. The highest BCUT2D eigenvalue weighted by Crippen LogP contribution is 2.42. The van der Waals surface area contributed by atoms with E-state index in [4.69, 9.17) is 19.3 Å². The topological polar surface area (TPSA) is 312 Å². The number of piperidine rings is 1. The van der Waals surface area contributed by atoms with Crippen LogP contribution in [0.25, 0.3) is 33.6 Å². The number of aliphatic hydroxyl groups is 1. The minimum Gasteiger partial charge on any atom is -0.489 e. The number of nitrogens with zero attached hydrogens (tertiary/aromatic N) is 7. The Balaban J connectivity index is 0.000000166. The van der Waals surface area contributed by atoms with Crippen molar-refractivity contribution in [2.45, 2.75) is 102 Å². The molecule has 5 aliphatic rings. The molecule has 5 fully saturated rings. The Bertz CT molecular complexity index is 3880. The number of pyridine rings is 1. The van der Waals surface area contributed by atoms with Crippen molar-refractivity contribution in [1.29, 1.82) is 15.8 Å². The van der Waals surface area contributed by atoms with Crippen LogP contribution in [0.5, 0.6) is 11.5 Å². The highest BCUT2D eigenvalue weighted by atomic mass is 19.3. The van der Waals surface area contributed by atoms with E-state index >= 15 is 0 Å². The van der Waals surface area contributed by atoms with Gasteiger partial charge >= 0.3 is 5.92 Å². The summed E-state index contributed by atoms with van der Waals surface area (Å²) in [7, 11) is 0. The third-order valence-electron chi connectivity index (χ3n) is 15.9. The van der Waals surface area contributed by atoms with Gasteiger partial charge in [0, 0.05) is 97.1 Å². The van der Waals surface area contributed by atoms with E-state index in [0.717, 1.165) is 61.0 Å². The summed E-state index contributed by atoms with van der Waals surface area (Å²) in [6.45, 7) is 1.39. The number of hydrogen-bond acceptors (Lipinski definition) is 16. The van der Waals surface area contributed by atoms with Crippen LogP contribution in [-0.4, -0.2) is 124 Å². The number of nitriles is 3. The van der Waals surface area contributed by atoms with Gasteiger partial charge in [-0.25, -0.2) is 27.5 Å². The molecule has 3 atom stereocenters. The second-order valence-corrected chi connectivity index (χ2v) is 23.0. The van der Waals surface area contributed by atoms with Crippen molar-refractivity contribution >= 4 is 52.5 Å². The van der Waals surface area contributed by atoms with Gasteiger partial charge in [0.25, 0.3) is 12.3 Å². The van der Waals surface area contributed by atoms with Gasteiger partial charge in [-0.15, -0.1) is 0 Å². The van der Waals surface area contributed by atoms with Gasteiger partial charge in [-0.3, -0.25) is 33.8 Å². The highest BCUT2D eigenvalue weighted by molar-refractivity contribution is 6.00. The Morgan fingerprint density at radius 2 is 1.29 bits per heavy atom. The lowest BCUT2D eigenvalue weighted by Crippen LogP contribution is -2.55. The van der Waals surface area contributed by atoms with E-state index in [-0.39, 0.29) is 95.1 Å². The van der Waals surface area contributed by atoms with Crippen LogP contribution in [-0.2, 0) is 28.7 Å². The molecule has 93 heavy (non-hydrogen) atoms. The zero-order valence-electron chi connectivity index (χ0n) is 50.7. The van der Waals surface area contributed by atoms with Crippen molar-refractivity contribution in [3.8, 4) is 63.3 Å². The molecule has 25 heteroatoms. The molecule has 0 radical (unpaired) electrons. The van der Waals surface area contributed by atoms with Gasteiger partial charge < -0.3 is 45.5 Å². The summed E-state index contributed by atoms with van der Waals surface area (Å²) in [5.41, 5.74) is 5.67. The summed E-state index contributed by atoms with van der Waals surface area (Å²) < 4.78 is 70.8. The largest absolute Gasteiger partial charge is 0.489 e. The van der Waals surface area contributed by atoms with Crippen molar-refractivity contribution in [2.24, 2.45) is 23.7 Å². The number of amides is 5. The third kappa shape index (κ3) is 18.5. The quantitative estimate of drug-likeness (QED) is 0.0418. The first kappa shape index (κ1) is 67.2. The SMILES string of the molecule is CCCC(=O)[C@@H]1C[C@H]1C(=O)Nc1cc(-c2ccc(OC3CCOCC3)c(C#N)c2)ncn1.N#Cc1cc(-c2cc(NC(=O)C3CC3)ccn2)ccc1C(=O)NCC(F)F.N#Cc1cc(-c2cccc(NC(=O)C3CC3)c2)ccc1O[C@H]1CCN(C(=O)CCO)CC1(F)F. The average molecular weight is 1270 g/mol. The summed E-state index contributed by atoms with van der Waals surface area (Å²) in [6.07, 6.45) is 5.59. The summed E-state index contributed by atoms with van der Waals surface area (Å²) >= 11 is 0. The number of anilines is 3. The molecule has 6 aromatic rings. The van der Waals surface area contributed by atoms with E-state index in [9.17, 15) is 62.1 Å². The minimum atomic E-state index is -3.30. The predicted octanol–water partition coefficient (Wildman–Crippen LogP) is 10.1. The first-order chi connectivity index (χ1) is 44.9. The van der Waals surface area contributed by atoms with E-state index < -0.39 is 50.0 Å². The van der Waals surface area contributed by atoms with Crippen LogP contribution in [0.2, 0.25) is 0 Å². The lowest BCUT2D eigenvalue weighted by molar-refractivity contribution is -0.160. The standard InChI is InChI=1S/C25H25F2N3O4.C24H26N4O4.C19H16F2N4O2/c26-25(27)15-30(23(32)9-11-31)10-8-22(25)34-21-7-6-18(12-19(21)14-28)17-2-1-3-20(13-17)29-24(33)16-4-5-16;1-2-3-21(29)18-11-19(18)24(30)28-23-12-20(26-14-27-23)15-4-5-22(16(10-15)13-25)32-17-6-8-31-9-7-17;20-17(21)10-24-19(27)15-4-3-12(7-13(15)9-22)16-8-14(5-6-23-16)25-18(26)11-1-2-11/h1-3,6-7,12-13,16,22,31H,4-5,8-11,15H2,(H,29,33);4-5,10,12,14,17-19H,2-3,6-9,11H2,1H3,(H,26,27,28,30);3-8,11,17H,1-2,10H2,(H,24,27)(H,23,25,26)/t22-;18-,19-;/m01./s1. The fraction of sp³-hybridized carbons (Fsp3) is 0.382. The number of Topliss-reactive ketones (excluding diaryl/α,β-unsaturated/α-hetero) is 1.